The van der Waals surface area contributed by atoms with Gasteiger partial charge in [-0.1, -0.05) is 88.4 Å². The lowest BCUT2D eigenvalue weighted by Gasteiger charge is -2.48. The van der Waals surface area contributed by atoms with Gasteiger partial charge in [-0.05, 0) is 62.3 Å². The van der Waals surface area contributed by atoms with E-state index in [1.54, 1.807) is 24.3 Å². The van der Waals surface area contributed by atoms with E-state index < -0.39 is 153 Å². The minimum atomic E-state index is -1.75. The van der Waals surface area contributed by atoms with Gasteiger partial charge in [0.2, 0.25) is 5.91 Å². The van der Waals surface area contributed by atoms with Gasteiger partial charge >= 0.3 is 11.9 Å². The lowest BCUT2D eigenvalue weighted by molar-refractivity contribution is -0.349. The summed E-state index contributed by atoms with van der Waals surface area (Å²) in [4.78, 5) is 41.2. The number of benzene rings is 2. The summed E-state index contributed by atoms with van der Waals surface area (Å²) in [5.41, 5.74) is 1.42. The number of ether oxygens (including phenoxy) is 10. The van der Waals surface area contributed by atoms with Crippen molar-refractivity contribution in [2.24, 2.45) is 17.8 Å². The maximum absolute atomic E-state index is 14.3. The smallest absolute Gasteiger partial charge is 0.338 e. The van der Waals surface area contributed by atoms with Crippen molar-refractivity contribution in [1.29, 1.82) is 0 Å². The number of aliphatic hydroxyl groups excluding tert-OH is 8. The van der Waals surface area contributed by atoms with Crippen molar-refractivity contribution in [2.75, 3.05) is 33.0 Å². The van der Waals surface area contributed by atoms with E-state index in [9.17, 15) is 60.3 Å². The molecule has 20 atom stereocenters. The Bertz CT molecular complexity index is 2350. The largest absolute Gasteiger partial charge is 0.479 e. The van der Waals surface area contributed by atoms with E-state index in [4.69, 9.17) is 47.4 Å². The van der Waals surface area contributed by atoms with Gasteiger partial charge in [-0.15, -0.1) is 0 Å². The molecule has 2 saturated carbocycles. The Hall–Kier alpha value is -4.51. The molecule has 23 heteroatoms. The highest BCUT2D eigenvalue weighted by molar-refractivity contribution is 5.89. The van der Waals surface area contributed by atoms with Crippen LogP contribution in [0, 0.1) is 17.8 Å². The van der Waals surface area contributed by atoms with Gasteiger partial charge in [0, 0.05) is 23.6 Å². The highest BCUT2D eigenvalue weighted by Gasteiger charge is 2.54. The predicted molar refractivity (Wildman–Crippen MR) is 274 cm³/mol. The fraction of sp³-hybridized carbons (Fsp3) is 0.661. The molecule has 2 aromatic rings. The van der Waals surface area contributed by atoms with Crippen LogP contribution in [0.15, 0.2) is 72.5 Å². The quantitative estimate of drug-likeness (QED) is 0.0582. The standard InChI is InChI=1S/C56H77NO22/c1-4-31-22-34(51(66)57-19-20-70-54-46(65)48(42(61)39(25-58)76-54)71-27-35-23-33-17-11-12-18-36(33)72-28(35)2)24-37(47(31)79-55-45(64)44(63)41(60)29(3)73-55)75-56-50(78-53(69)32-15-9-6-10-16-32)49(43(62)40(26-59)77-56)74-38(52(67)68)21-30-13-7-5-8-14-30/h6,9-12,15-18,23,29-31,34,37-50,54-56,58-65H,2,4-5,7-8,13-14,19-22,24-27H2,1,3H3,(H,57,66)(H,67,68)/t29?,31-,34?,37-,38+,39-,40?,41-,42-,43+,44+,45?,46?,47?,48?,49?,50?,54+,55+,56-/m1/s1. The average molecular weight is 1120 g/mol. The highest BCUT2D eigenvalue weighted by Crippen LogP contribution is 2.41. The molecule has 438 valence electrons. The number of carbonyl (C=O) groups is 3. The van der Waals surface area contributed by atoms with E-state index in [2.05, 4.69) is 11.9 Å². The number of hydrogen-bond donors (Lipinski definition) is 10. The number of nitrogens with one attached hydrogen (secondary N) is 1. The number of rotatable bonds is 22. The van der Waals surface area contributed by atoms with Crippen LogP contribution in [0.5, 0.6) is 5.75 Å². The molecule has 9 unspecified atom stereocenters. The number of carbonyl (C=O) groups excluding carboxylic acids is 2. The maximum Gasteiger partial charge on any atom is 0.338 e. The third kappa shape index (κ3) is 14.6. The van der Waals surface area contributed by atoms with Crippen LogP contribution in [-0.2, 0) is 52.2 Å². The van der Waals surface area contributed by atoms with Crippen molar-refractivity contribution in [1.82, 2.24) is 5.32 Å². The number of amides is 1. The van der Waals surface area contributed by atoms with Gasteiger partial charge in [-0.3, -0.25) is 4.79 Å². The van der Waals surface area contributed by atoms with Crippen molar-refractivity contribution >= 4 is 23.9 Å². The minimum Gasteiger partial charge on any atom is -0.479 e. The van der Waals surface area contributed by atoms with Gasteiger partial charge in [0.25, 0.3) is 0 Å². The number of aliphatic carboxylic acids is 1. The van der Waals surface area contributed by atoms with Crippen molar-refractivity contribution in [3.8, 4) is 5.75 Å². The monoisotopic (exact) mass is 1120 g/mol. The molecule has 4 heterocycles. The van der Waals surface area contributed by atoms with E-state index in [0.717, 1.165) is 37.7 Å². The number of aliphatic hydroxyl groups is 8. The van der Waals surface area contributed by atoms with Crippen LogP contribution in [-0.4, -0.2) is 207 Å². The Morgan fingerprint density at radius 3 is 2.11 bits per heavy atom. The fourth-order valence-electron chi connectivity index (χ4n) is 11.4. The van der Waals surface area contributed by atoms with Crippen LogP contribution in [0.1, 0.15) is 87.6 Å². The SMILES string of the molecule is C=C1Oc2ccccc2C=C1COC1C(O)[C@@H](OCCNC(=O)C2C[C@@H](CC)C(O[C@@H]3OC(C)[C@@H](O)[C@H](O)C3O)[C@H](O[C@@H]3OC(CO)[C@H](O)C(O[C@@H](CC4CCCCC4)C(=O)O)C3OC(=O)c3ccccc3)C2)O[C@H](CO)[C@H]1O. The molecule has 6 aliphatic rings. The predicted octanol–water partition coefficient (Wildman–Crippen LogP) is 1.08. The van der Waals surface area contributed by atoms with Crippen LogP contribution in [0.3, 0.4) is 0 Å². The Kier molecular flexibility index (Phi) is 21.5. The van der Waals surface area contributed by atoms with Gasteiger partial charge in [0.15, 0.2) is 31.1 Å². The Morgan fingerprint density at radius 1 is 0.734 bits per heavy atom. The molecule has 23 nitrogen and oxygen atoms in total. The summed E-state index contributed by atoms with van der Waals surface area (Å²) >= 11 is 0. The first kappa shape index (κ1) is 60.6. The van der Waals surface area contributed by atoms with Crippen LogP contribution < -0.4 is 10.1 Å². The molecule has 1 amide bonds. The van der Waals surface area contributed by atoms with Crippen LogP contribution >= 0.6 is 0 Å². The summed E-state index contributed by atoms with van der Waals surface area (Å²) in [6.07, 6.45) is -19.8. The summed E-state index contributed by atoms with van der Waals surface area (Å²) in [5.74, 6) is -3.22. The molecule has 2 aromatic carbocycles. The van der Waals surface area contributed by atoms with Crippen molar-refractivity contribution in [3.63, 3.8) is 0 Å². The van der Waals surface area contributed by atoms with E-state index >= 15 is 0 Å². The molecular formula is C56H77NO22. The topological polar surface area (TPSA) is 338 Å². The molecule has 3 saturated heterocycles. The first-order valence-electron chi connectivity index (χ1n) is 27.4. The molecular weight excluding hydrogens is 1040 g/mol. The Balaban J connectivity index is 1.00. The first-order chi connectivity index (χ1) is 38.0. The summed E-state index contributed by atoms with van der Waals surface area (Å²) < 4.78 is 61.1. The average Bonchev–Trinajstić information content (AvgIpc) is 3.50. The van der Waals surface area contributed by atoms with Gasteiger partial charge in [-0.2, -0.15) is 0 Å². The normalized spacial score (nSPS) is 36.5. The van der Waals surface area contributed by atoms with Gasteiger partial charge in [0.1, 0.15) is 72.5 Å². The van der Waals surface area contributed by atoms with E-state index in [-0.39, 0.29) is 50.5 Å². The Labute approximate surface area is 457 Å². The summed E-state index contributed by atoms with van der Waals surface area (Å²) in [6, 6.07) is 15.1. The first-order valence-corrected chi connectivity index (χ1v) is 27.4. The zero-order chi connectivity index (χ0) is 56.5. The van der Waals surface area contributed by atoms with Gasteiger partial charge < -0.3 is 98.6 Å². The van der Waals surface area contributed by atoms with Crippen molar-refractivity contribution in [2.45, 2.75) is 182 Å². The second-order valence-corrected chi connectivity index (χ2v) is 21.3. The zero-order valence-electron chi connectivity index (χ0n) is 44.3. The number of hydrogen-bond acceptors (Lipinski definition) is 21. The molecule has 0 spiro atoms. The van der Waals surface area contributed by atoms with Crippen LogP contribution in [0.25, 0.3) is 6.08 Å². The number of carboxylic acid groups (broad SMARTS) is 1. The molecule has 8 rings (SSSR count). The maximum atomic E-state index is 14.3. The fourth-order valence-corrected chi connectivity index (χ4v) is 11.4. The molecule has 10 N–H and O–H groups in total. The van der Waals surface area contributed by atoms with Gasteiger partial charge in [0.05, 0.1) is 50.3 Å². The molecule has 79 heavy (non-hydrogen) atoms. The second kappa shape index (κ2) is 28.0. The third-order valence-corrected chi connectivity index (χ3v) is 15.9. The van der Waals surface area contributed by atoms with E-state index in [1.807, 2.05) is 31.2 Å². The molecule has 0 bridgehead atoms. The molecule has 0 aromatic heterocycles. The number of carboxylic acids is 1. The zero-order valence-corrected chi connectivity index (χ0v) is 44.3. The van der Waals surface area contributed by atoms with E-state index in [0.29, 0.717) is 23.5 Å². The van der Waals surface area contributed by atoms with E-state index in [1.165, 1.54) is 19.1 Å². The third-order valence-electron chi connectivity index (χ3n) is 15.9. The van der Waals surface area contributed by atoms with Crippen molar-refractivity contribution in [3.05, 3.63) is 83.6 Å². The summed E-state index contributed by atoms with van der Waals surface area (Å²) in [6.45, 7) is 5.33. The lowest BCUT2D eigenvalue weighted by atomic mass is 9.75. The number of esters is 1. The van der Waals surface area contributed by atoms with Gasteiger partial charge in [-0.25, -0.2) is 9.59 Å². The second-order valence-electron chi connectivity index (χ2n) is 21.3. The van der Waals surface area contributed by atoms with Crippen LogP contribution in [0.4, 0.5) is 0 Å². The highest BCUT2D eigenvalue weighted by atomic mass is 16.8. The molecule has 4 aliphatic heterocycles. The van der Waals surface area contributed by atoms with Crippen molar-refractivity contribution < 1.29 is 108 Å². The minimum absolute atomic E-state index is 0.00284. The summed E-state index contributed by atoms with van der Waals surface area (Å²) in [5, 5.41) is 101. The number of fused-ring (bicyclic) bond motifs is 1. The Morgan fingerprint density at radius 2 is 1.42 bits per heavy atom. The lowest BCUT2D eigenvalue weighted by Crippen LogP contribution is -2.64. The number of para-hydroxylation sites is 1. The molecule has 0 radical (unpaired) electrons. The van der Waals surface area contributed by atoms with Crippen LogP contribution in [0.2, 0.25) is 0 Å². The molecule has 5 fully saturated rings. The summed E-state index contributed by atoms with van der Waals surface area (Å²) in [7, 11) is 0. The molecule has 2 aliphatic carbocycles.